The highest BCUT2D eigenvalue weighted by Gasteiger charge is 2.19. The summed E-state index contributed by atoms with van der Waals surface area (Å²) in [5, 5.41) is 12.2. The van der Waals surface area contributed by atoms with E-state index in [1.54, 1.807) is 24.3 Å². The van der Waals surface area contributed by atoms with Crippen LogP contribution >= 0.6 is 11.6 Å². The second kappa shape index (κ2) is 6.76. The molecule has 0 heterocycles. The van der Waals surface area contributed by atoms with Crippen molar-refractivity contribution in [2.75, 3.05) is 13.2 Å². The van der Waals surface area contributed by atoms with Crippen molar-refractivity contribution in [1.29, 1.82) is 0 Å². The molecule has 1 aromatic carbocycles. The maximum atomic E-state index is 11.9. The summed E-state index contributed by atoms with van der Waals surface area (Å²) >= 11 is 5.96. The van der Waals surface area contributed by atoms with Gasteiger partial charge in [0.1, 0.15) is 0 Å². The van der Waals surface area contributed by atoms with Crippen molar-refractivity contribution in [2.24, 2.45) is 5.41 Å². The van der Waals surface area contributed by atoms with Gasteiger partial charge in [-0.1, -0.05) is 37.6 Å². The van der Waals surface area contributed by atoms with Gasteiger partial charge in [0, 0.05) is 13.2 Å². The van der Waals surface area contributed by atoms with E-state index in [-0.39, 0.29) is 17.9 Å². The van der Waals surface area contributed by atoms with Crippen LogP contribution in [-0.2, 0) is 0 Å². The normalized spacial score (nSPS) is 11.3. The fourth-order valence-corrected chi connectivity index (χ4v) is 1.93. The molecule has 0 aliphatic rings. The first-order chi connectivity index (χ1) is 8.46. The van der Waals surface area contributed by atoms with E-state index in [0.717, 1.165) is 12.8 Å². The molecular weight excluding hydrogens is 250 g/mol. The molecule has 4 heteroatoms. The highest BCUT2D eigenvalue weighted by molar-refractivity contribution is 6.33. The summed E-state index contributed by atoms with van der Waals surface area (Å²) in [5.74, 6) is -0.155. The molecule has 100 valence electrons. The minimum absolute atomic E-state index is 0.0281. The van der Waals surface area contributed by atoms with Crippen LogP contribution in [0.1, 0.15) is 37.0 Å². The number of aliphatic hydroxyl groups is 1. The molecular formula is C14H20ClNO2. The summed E-state index contributed by atoms with van der Waals surface area (Å²) in [6, 6.07) is 6.99. The van der Waals surface area contributed by atoms with Gasteiger partial charge in [-0.25, -0.2) is 0 Å². The monoisotopic (exact) mass is 269 g/mol. The average molecular weight is 270 g/mol. The number of nitrogens with one attached hydrogen (secondary N) is 1. The summed E-state index contributed by atoms with van der Waals surface area (Å²) in [6.07, 6.45) is 1.61. The third-order valence-electron chi connectivity index (χ3n) is 2.86. The van der Waals surface area contributed by atoms with E-state index in [0.29, 0.717) is 17.1 Å². The number of carbonyl (C=O) groups is 1. The van der Waals surface area contributed by atoms with Crippen LogP contribution < -0.4 is 5.32 Å². The molecule has 0 aliphatic carbocycles. The van der Waals surface area contributed by atoms with Gasteiger partial charge in [-0.05, 0) is 30.4 Å². The lowest BCUT2D eigenvalue weighted by atomic mass is 9.88. The van der Waals surface area contributed by atoms with Crippen LogP contribution in [-0.4, -0.2) is 24.2 Å². The molecule has 0 aromatic heterocycles. The molecule has 1 aromatic rings. The van der Waals surface area contributed by atoms with Gasteiger partial charge in [0.15, 0.2) is 0 Å². The molecule has 0 radical (unpaired) electrons. The number of hydrogen-bond acceptors (Lipinski definition) is 2. The molecule has 0 saturated heterocycles. The van der Waals surface area contributed by atoms with E-state index in [2.05, 4.69) is 19.2 Å². The van der Waals surface area contributed by atoms with Crippen LogP contribution in [0.2, 0.25) is 5.02 Å². The number of hydrogen-bond donors (Lipinski definition) is 2. The fraction of sp³-hybridized carbons (Fsp3) is 0.500. The predicted molar refractivity (Wildman–Crippen MR) is 73.9 cm³/mol. The third kappa shape index (κ3) is 4.67. The summed E-state index contributed by atoms with van der Waals surface area (Å²) in [7, 11) is 0. The summed E-state index contributed by atoms with van der Waals surface area (Å²) < 4.78 is 0. The van der Waals surface area contributed by atoms with Gasteiger partial charge in [0.25, 0.3) is 5.91 Å². The lowest BCUT2D eigenvalue weighted by Crippen LogP contribution is -2.34. The number of amides is 1. The Morgan fingerprint density at radius 3 is 2.67 bits per heavy atom. The Morgan fingerprint density at radius 2 is 2.06 bits per heavy atom. The quantitative estimate of drug-likeness (QED) is 0.834. The first kappa shape index (κ1) is 15.0. The fourth-order valence-electron chi connectivity index (χ4n) is 1.71. The minimum atomic E-state index is -0.155. The average Bonchev–Trinajstić information content (AvgIpc) is 2.34. The maximum Gasteiger partial charge on any atom is 0.252 e. The van der Waals surface area contributed by atoms with Gasteiger partial charge in [-0.2, -0.15) is 0 Å². The standard InChI is InChI=1S/C14H20ClNO2/c1-14(2,8-5-9-17)10-16-13(18)11-6-3-4-7-12(11)15/h3-4,6-7,17H,5,8-10H2,1-2H3,(H,16,18). The number of aliphatic hydroxyl groups excluding tert-OH is 1. The van der Waals surface area contributed by atoms with Crippen molar-refractivity contribution in [2.45, 2.75) is 26.7 Å². The Labute approximate surface area is 113 Å². The molecule has 0 atom stereocenters. The van der Waals surface area contributed by atoms with E-state index < -0.39 is 0 Å². The summed E-state index contributed by atoms with van der Waals surface area (Å²) in [6.45, 7) is 4.88. The van der Waals surface area contributed by atoms with Gasteiger partial charge >= 0.3 is 0 Å². The van der Waals surface area contributed by atoms with E-state index in [1.165, 1.54) is 0 Å². The van der Waals surface area contributed by atoms with Crippen LogP contribution in [0.5, 0.6) is 0 Å². The zero-order valence-electron chi connectivity index (χ0n) is 10.9. The molecule has 0 bridgehead atoms. The first-order valence-electron chi connectivity index (χ1n) is 6.10. The van der Waals surface area contributed by atoms with Crippen molar-refractivity contribution in [3.63, 3.8) is 0 Å². The third-order valence-corrected chi connectivity index (χ3v) is 3.19. The topological polar surface area (TPSA) is 49.3 Å². The van der Waals surface area contributed by atoms with Crippen molar-refractivity contribution >= 4 is 17.5 Å². The van der Waals surface area contributed by atoms with Crippen LogP contribution in [0.25, 0.3) is 0 Å². The van der Waals surface area contributed by atoms with Crippen molar-refractivity contribution in [3.05, 3.63) is 34.9 Å². The molecule has 1 amide bonds. The highest BCUT2D eigenvalue weighted by atomic mass is 35.5. The van der Waals surface area contributed by atoms with Gasteiger partial charge in [-0.3, -0.25) is 4.79 Å². The van der Waals surface area contributed by atoms with Gasteiger partial charge in [0.2, 0.25) is 0 Å². The lowest BCUT2D eigenvalue weighted by Gasteiger charge is -2.24. The van der Waals surface area contributed by atoms with Crippen molar-refractivity contribution < 1.29 is 9.90 Å². The van der Waals surface area contributed by atoms with Crippen LogP contribution in [0, 0.1) is 5.41 Å². The van der Waals surface area contributed by atoms with E-state index in [9.17, 15) is 4.79 Å². The molecule has 0 fully saturated rings. The maximum absolute atomic E-state index is 11.9. The Kier molecular flexibility index (Phi) is 5.63. The van der Waals surface area contributed by atoms with E-state index in [4.69, 9.17) is 16.7 Å². The van der Waals surface area contributed by atoms with Crippen LogP contribution in [0.3, 0.4) is 0 Å². The minimum Gasteiger partial charge on any atom is -0.396 e. The van der Waals surface area contributed by atoms with Crippen molar-refractivity contribution in [1.82, 2.24) is 5.32 Å². The zero-order chi connectivity index (χ0) is 13.6. The molecule has 0 unspecified atom stereocenters. The number of carbonyl (C=O) groups excluding carboxylic acids is 1. The largest absolute Gasteiger partial charge is 0.396 e. The van der Waals surface area contributed by atoms with E-state index in [1.807, 2.05) is 0 Å². The molecule has 2 N–H and O–H groups in total. The summed E-state index contributed by atoms with van der Waals surface area (Å²) in [5.41, 5.74) is 0.469. The number of halogens is 1. The van der Waals surface area contributed by atoms with E-state index >= 15 is 0 Å². The highest BCUT2D eigenvalue weighted by Crippen LogP contribution is 2.21. The molecule has 0 aliphatic heterocycles. The Bertz CT molecular complexity index is 405. The SMILES string of the molecule is CC(C)(CCCO)CNC(=O)c1ccccc1Cl. The lowest BCUT2D eigenvalue weighted by molar-refractivity contribution is 0.0933. The Hall–Kier alpha value is -1.06. The Morgan fingerprint density at radius 1 is 1.39 bits per heavy atom. The molecule has 1 rings (SSSR count). The molecule has 18 heavy (non-hydrogen) atoms. The number of benzene rings is 1. The predicted octanol–water partition coefficient (Wildman–Crippen LogP) is 2.87. The smallest absolute Gasteiger partial charge is 0.252 e. The second-order valence-corrected chi connectivity index (χ2v) is 5.56. The van der Waals surface area contributed by atoms with Gasteiger partial charge < -0.3 is 10.4 Å². The zero-order valence-corrected chi connectivity index (χ0v) is 11.6. The summed E-state index contributed by atoms with van der Waals surface area (Å²) in [4.78, 5) is 11.9. The van der Waals surface area contributed by atoms with Crippen molar-refractivity contribution in [3.8, 4) is 0 Å². The molecule has 3 nitrogen and oxygen atoms in total. The van der Waals surface area contributed by atoms with Gasteiger partial charge in [0.05, 0.1) is 10.6 Å². The van der Waals surface area contributed by atoms with Crippen LogP contribution in [0.4, 0.5) is 0 Å². The molecule has 0 saturated carbocycles. The van der Waals surface area contributed by atoms with Gasteiger partial charge in [-0.15, -0.1) is 0 Å². The first-order valence-corrected chi connectivity index (χ1v) is 6.48. The Balaban J connectivity index is 2.54. The molecule has 0 spiro atoms. The van der Waals surface area contributed by atoms with Crippen LogP contribution in [0.15, 0.2) is 24.3 Å². The number of rotatable bonds is 6. The second-order valence-electron chi connectivity index (χ2n) is 5.15.